The fourth-order valence-electron chi connectivity index (χ4n) is 2.58. The zero-order valence-corrected chi connectivity index (χ0v) is 11.9. The van der Waals surface area contributed by atoms with Gasteiger partial charge in [-0.05, 0) is 24.3 Å². The van der Waals surface area contributed by atoms with Gasteiger partial charge in [0.2, 0.25) is 0 Å². The van der Waals surface area contributed by atoms with Gasteiger partial charge in [-0.3, -0.25) is 4.98 Å². The van der Waals surface area contributed by atoms with Crippen LogP contribution >= 0.6 is 11.3 Å². The maximum atomic E-state index is 5.87. The highest BCUT2D eigenvalue weighted by atomic mass is 32.1. The second-order valence-corrected chi connectivity index (χ2v) is 6.27. The Balaban J connectivity index is 1.90. The summed E-state index contributed by atoms with van der Waals surface area (Å²) in [7, 11) is 0. The van der Waals surface area contributed by atoms with Gasteiger partial charge in [0.25, 0.3) is 0 Å². The number of hydrogen-bond acceptors (Lipinski definition) is 4. The minimum Gasteiger partial charge on any atom is -0.326 e. The molecule has 1 fully saturated rings. The highest BCUT2D eigenvalue weighted by Crippen LogP contribution is 2.44. The van der Waals surface area contributed by atoms with E-state index in [4.69, 9.17) is 10.7 Å². The van der Waals surface area contributed by atoms with Crippen LogP contribution in [0.1, 0.15) is 29.3 Å². The van der Waals surface area contributed by atoms with E-state index in [1.54, 1.807) is 11.3 Å². The molecule has 1 aliphatic carbocycles. The van der Waals surface area contributed by atoms with Crippen molar-refractivity contribution in [1.82, 2.24) is 9.97 Å². The predicted octanol–water partition coefficient (Wildman–Crippen LogP) is 3.69. The summed E-state index contributed by atoms with van der Waals surface area (Å²) in [5.74, 6) is 0.633. The maximum Gasteiger partial charge on any atom is 0.143 e. The number of nitrogens with zero attached hydrogens (tertiary/aromatic N) is 2. The molecule has 0 aliphatic heterocycles. The second kappa shape index (κ2) is 4.65. The third-order valence-corrected chi connectivity index (χ3v) is 4.85. The number of pyridine rings is 1. The van der Waals surface area contributed by atoms with Crippen LogP contribution in [-0.2, 0) is 6.54 Å². The molecular weight excluding hydrogens is 266 g/mol. The van der Waals surface area contributed by atoms with Crippen molar-refractivity contribution in [2.24, 2.45) is 5.73 Å². The van der Waals surface area contributed by atoms with Crippen LogP contribution in [0, 0.1) is 0 Å². The average molecular weight is 281 g/mol. The molecule has 0 amide bonds. The number of hydrogen-bond donors (Lipinski definition) is 1. The molecule has 0 atom stereocenters. The lowest BCUT2D eigenvalue weighted by Crippen LogP contribution is -1.96. The number of nitrogens with two attached hydrogens (primary N) is 1. The van der Waals surface area contributed by atoms with Crippen molar-refractivity contribution in [2.45, 2.75) is 25.3 Å². The first-order chi connectivity index (χ1) is 9.86. The van der Waals surface area contributed by atoms with Crippen molar-refractivity contribution >= 4 is 22.1 Å². The minimum atomic E-state index is 0.578. The summed E-state index contributed by atoms with van der Waals surface area (Å²) in [6.45, 7) is 0.578. The molecule has 2 N–H and O–H groups in total. The zero-order chi connectivity index (χ0) is 13.5. The van der Waals surface area contributed by atoms with Gasteiger partial charge in [0, 0.05) is 28.9 Å². The van der Waals surface area contributed by atoms with E-state index in [-0.39, 0.29) is 0 Å². The average Bonchev–Trinajstić information content (AvgIpc) is 3.26. The molecule has 3 nitrogen and oxygen atoms in total. The first-order valence-electron chi connectivity index (χ1n) is 6.90. The summed E-state index contributed by atoms with van der Waals surface area (Å²) in [5, 5.41) is 3.37. The van der Waals surface area contributed by atoms with Gasteiger partial charge in [-0.1, -0.05) is 24.3 Å². The highest BCUT2D eigenvalue weighted by Gasteiger charge is 2.29. The molecular formula is C16H15N3S. The lowest BCUT2D eigenvalue weighted by atomic mass is 10.1. The Morgan fingerprint density at radius 2 is 2.05 bits per heavy atom. The molecule has 1 saturated carbocycles. The molecule has 0 spiro atoms. The van der Waals surface area contributed by atoms with Gasteiger partial charge >= 0.3 is 0 Å². The molecule has 0 unspecified atom stereocenters. The Morgan fingerprint density at radius 3 is 2.85 bits per heavy atom. The van der Waals surface area contributed by atoms with E-state index in [0.29, 0.717) is 12.5 Å². The Morgan fingerprint density at radius 1 is 1.20 bits per heavy atom. The Labute approximate surface area is 121 Å². The van der Waals surface area contributed by atoms with Crippen molar-refractivity contribution in [1.29, 1.82) is 0 Å². The fourth-order valence-corrected chi connectivity index (χ4v) is 3.61. The maximum absolute atomic E-state index is 5.87. The van der Waals surface area contributed by atoms with E-state index < -0.39 is 0 Å². The molecule has 2 aromatic heterocycles. The van der Waals surface area contributed by atoms with Gasteiger partial charge in [-0.25, -0.2) is 4.98 Å². The van der Waals surface area contributed by atoms with E-state index in [1.165, 1.54) is 28.8 Å². The molecule has 3 aromatic rings. The molecule has 4 rings (SSSR count). The monoisotopic (exact) mass is 281 g/mol. The van der Waals surface area contributed by atoms with Gasteiger partial charge in [-0.15, -0.1) is 11.3 Å². The summed E-state index contributed by atoms with van der Waals surface area (Å²) in [5.41, 5.74) is 8.06. The van der Waals surface area contributed by atoms with Gasteiger partial charge in [0.05, 0.1) is 5.69 Å². The Hall–Kier alpha value is -1.78. The van der Waals surface area contributed by atoms with Crippen molar-refractivity contribution in [2.75, 3.05) is 0 Å². The molecule has 100 valence electrons. The van der Waals surface area contributed by atoms with Crippen LogP contribution in [-0.4, -0.2) is 9.97 Å². The standard InChI is InChI=1S/C16H15N3S/c17-9-13-14(11-5-6-11)19-16(20-13)15-12-4-2-1-3-10(12)7-8-18-15/h1-4,7-8,11H,5-6,9,17H2. The molecule has 1 aliphatic rings. The van der Waals surface area contributed by atoms with Crippen molar-refractivity contribution in [3.63, 3.8) is 0 Å². The van der Waals surface area contributed by atoms with Gasteiger partial charge in [0.15, 0.2) is 0 Å². The van der Waals surface area contributed by atoms with Crippen LogP contribution in [0.25, 0.3) is 21.5 Å². The summed E-state index contributed by atoms with van der Waals surface area (Å²) in [4.78, 5) is 10.6. The fraction of sp³-hybridized carbons (Fsp3) is 0.250. The van der Waals surface area contributed by atoms with Gasteiger partial charge < -0.3 is 5.73 Å². The lowest BCUT2D eigenvalue weighted by Gasteiger charge is -2.01. The quantitative estimate of drug-likeness (QED) is 0.796. The minimum absolute atomic E-state index is 0.578. The van der Waals surface area contributed by atoms with Crippen LogP contribution in [0.4, 0.5) is 0 Å². The number of benzene rings is 1. The zero-order valence-electron chi connectivity index (χ0n) is 11.0. The molecule has 2 heterocycles. The molecule has 0 radical (unpaired) electrons. The third-order valence-electron chi connectivity index (χ3n) is 3.75. The summed E-state index contributed by atoms with van der Waals surface area (Å²) >= 11 is 1.70. The Kier molecular flexibility index (Phi) is 2.79. The number of rotatable bonds is 3. The second-order valence-electron chi connectivity index (χ2n) is 5.19. The van der Waals surface area contributed by atoms with Crippen LogP contribution in [0.2, 0.25) is 0 Å². The van der Waals surface area contributed by atoms with Gasteiger partial charge in [-0.2, -0.15) is 0 Å². The normalized spacial score (nSPS) is 14.8. The lowest BCUT2D eigenvalue weighted by molar-refractivity contribution is 0.979. The molecule has 0 bridgehead atoms. The topological polar surface area (TPSA) is 51.8 Å². The van der Waals surface area contributed by atoms with Crippen molar-refractivity contribution in [3.8, 4) is 10.7 Å². The SMILES string of the molecule is NCc1sc(-c2nccc3ccccc23)nc1C1CC1. The van der Waals surface area contributed by atoms with Gasteiger partial charge in [0.1, 0.15) is 10.7 Å². The summed E-state index contributed by atoms with van der Waals surface area (Å²) in [6, 6.07) is 10.4. The number of thiazole rings is 1. The van der Waals surface area contributed by atoms with Crippen LogP contribution in [0.5, 0.6) is 0 Å². The molecule has 0 saturated heterocycles. The van der Waals surface area contributed by atoms with Crippen LogP contribution in [0.15, 0.2) is 36.5 Å². The summed E-state index contributed by atoms with van der Waals surface area (Å²) < 4.78 is 0. The first-order valence-corrected chi connectivity index (χ1v) is 7.72. The van der Waals surface area contributed by atoms with E-state index in [2.05, 4.69) is 23.2 Å². The Bertz CT molecular complexity index is 769. The first kappa shape index (κ1) is 12.0. The van der Waals surface area contributed by atoms with Crippen LogP contribution < -0.4 is 5.73 Å². The third kappa shape index (κ3) is 1.92. The van der Waals surface area contributed by atoms with E-state index in [0.717, 1.165) is 16.1 Å². The van der Waals surface area contributed by atoms with Crippen LogP contribution in [0.3, 0.4) is 0 Å². The largest absolute Gasteiger partial charge is 0.326 e. The van der Waals surface area contributed by atoms with Crippen molar-refractivity contribution < 1.29 is 0 Å². The van der Waals surface area contributed by atoms with Crippen molar-refractivity contribution in [3.05, 3.63) is 47.1 Å². The molecule has 20 heavy (non-hydrogen) atoms. The number of fused-ring (bicyclic) bond motifs is 1. The summed E-state index contributed by atoms with van der Waals surface area (Å²) in [6.07, 6.45) is 4.36. The van der Waals surface area contributed by atoms with E-state index in [9.17, 15) is 0 Å². The van der Waals surface area contributed by atoms with E-state index >= 15 is 0 Å². The molecule has 4 heteroatoms. The highest BCUT2D eigenvalue weighted by molar-refractivity contribution is 7.15. The smallest absolute Gasteiger partial charge is 0.143 e. The number of aromatic nitrogens is 2. The van der Waals surface area contributed by atoms with E-state index in [1.807, 2.05) is 18.3 Å². The predicted molar refractivity (Wildman–Crippen MR) is 82.7 cm³/mol. The molecule has 1 aromatic carbocycles.